The Morgan fingerprint density at radius 3 is 2.75 bits per heavy atom. The second-order valence-corrected chi connectivity index (χ2v) is 5.71. The summed E-state index contributed by atoms with van der Waals surface area (Å²) in [7, 11) is 1.89. The number of alkyl halides is 1. The minimum absolute atomic E-state index is 0.262. The zero-order valence-electron chi connectivity index (χ0n) is 11.3. The average molecular weight is 406 g/mol. The second-order valence-electron chi connectivity index (χ2n) is 4.36. The van der Waals surface area contributed by atoms with E-state index in [1.807, 2.05) is 7.05 Å². The van der Waals surface area contributed by atoms with Crippen LogP contribution in [0.15, 0.2) is 22.7 Å². The van der Waals surface area contributed by atoms with Crippen molar-refractivity contribution in [3.63, 3.8) is 0 Å². The van der Waals surface area contributed by atoms with Crippen LogP contribution in [0.1, 0.15) is 23.9 Å². The molecule has 0 saturated carbocycles. The Balaban J connectivity index is 2.19. The lowest BCUT2D eigenvalue weighted by Gasteiger charge is -2.10. The van der Waals surface area contributed by atoms with Crippen LogP contribution in [0.4, 0.5) is 4.39 Å². The van der Waals surface area contributed by atoms with Crippen molar-refractivity contribution >= 4 is 31.9 Å². The second kappa shape index (κ2) is 6.72. The van der Waals surface area contributed by atoms with Crippen molar-refractivity contribution in [1.82, 2.24) is 9.78 Å². The number of aromatic nitrogens is 2. The SMILES string of the molecule is CCc1nn(C)c(COc2ccc(F)cc2CBr)c1Br. The van der Waals surface area contributed by atoms with Gasteiger partial charge in [-0.05, 0) is 40.5 Å². The third kappa shape index (κ3) is 3.23. The van der Waals surface area contributed by atoms with Crippen LogP contribution < -0.4 is 4.74 Å². The lowest BCUT2D eigenvalue weighted by atomic mass is 10.2. The van der Waals surface area contributed by atoms with Crippen LogP contribution in [0.5, 0.6) is 5.75 Å². The molecule has 108 valence electrons. The van der Waals surface area contributed by atoms with Crippen molar-refractivity contribution in [2.24, 2.45) is 7.05 Å². The van der Waals surface area contributed by atoms with Crippen LogP contribution in [0.2, 0.25) is 0 Å². The molecule has 20 heavy (non-hydrogen) atoms. The summed E-state index contributed by atoms with van der Waals surface area (Å²) in [6.07, 6.45) is 0.859. The molecule has 1 heterocycles. The highest BCUT2D eigenvalue weighted by Gasteiger charge is 2.14. The molecule has 1 aromatic carbocycles. The van der Waals surface area contributed by atoms with Gasteiger partial charge in [-0.25, -0.2) is 4.39 Å². The van der Waals surface area contributed by atoms with E-state index in [0.29, 0.717) is 17.7 Å². The number of hydrogen-bond donors (Lipinski definition) is 0. The predicted octanol–water partition coefficient (Wildman–Crippen LogP) is 4.36. The Kier molecular flexibility index (Phi) is 5.21. The first kappa shape index (κ1) is 15.5. The third-order valence-corrected chi connectivity index (χ3v) is 4.55. The molecule has 0 aliphatic heterocycles. The highest BCUT2D eigenvalue weighted by molar-refractivity contribution is 9.10. The van der Waals surface area contributed by atoms with Gasteiger partial charge in [0.05, 0.1) is 15.9 Å². The molecule has 0 aliphatic carbocycles. The van der Waals surface area contributed by atoms with Crippen LogP contribution in [0.3, 0.4) is 0 Å². The number of nitrogens with zero attached hydrogens (tertiary/aromatic N) is 2. The lowest BCUT2D eigenvalue weighted by molar-refractivity contribution is 0.291. The van der Waals surface area contributed by atoms with Crippen molar-refractivity contribution < 1.29 is 9.13 Å². The molecule has 0 aliphatic rings. The molecule has 0 N–H and O–H groups in total. The van der Waals surface area contributed by atoms with E-state index in [4.69, 9.17) is 4.74 Å². The molecule has 2 aromatic rings. The largest absolute Gasteiger partial charge is 0.487 e. The van der Waals surface area contributed by atoms with Crippen LogP contribution in [-0.4, -0.2) is 9.78 Å². The van der Waals surface area contributed by atoms with E-state index in [0.717, 1.165) is 27.8 Å². The predicted molar refractivity (Wildman–Crippen MR) is 83.6 cm³/mol. The van der Waals surface area contributed by atoms with Gasteiger partial charge in [-0.1, -0.05) is 22.9 Å². The summed E-state index contributed by atoms with van der Waals surface area (Å²) < 4.78 is 21.8. The number of benzene rings is 1. The number of rotatable bonds is 5. The first-order valence-corrected chi connectivity index (χ1v) is 8.15. The molecule has 0 unspecified atom stereocenters. The van der Waals surface area contributed by atoms with E-state index in [-0.39, 0.29) is 5.82 Å². The molecule has 0 amide bonds. The molecule has 3 nitrogen and oxygen atoms in total. The van der Waals surface area contributed by atoms with Gasteiger partial charge < -0.3 is 4.74 Å². The standard InChI is InChI=1S/C14H15Br2FN2O/c1-3-11-14(16)12(19(2)18-11)8-20-13-5-4-10(17)6-9(13)7-15/h4-6H,3,7-8H2,1-2H3. The van der Waals surface area contributed by atoms with Gasteiger partial charge in [0, 0.05) is 17.9 Å². The maximum absolute atomic E-state index is 13.2. The van der Waals surface area contributed by atoms with Gasteiger partial charge in [0.25, 0.3) is 0 Å². The van der Waals surface area contributed by atoms with Gasteiger partial charge in [-0.15, -0.1) is 0 Å². The first-order chi connectivity index (χ1) is 9.56. The molecular weight excluding hydrogens is 391 g/mol. The van der Waals surface area contributed by atoms with E-state index >= 15 is 0 Å². The summed E-state index contributed by atoms with van der Waals surface area (Å²) >= 11 is 6.89. The molecule has 6 heteroatoms. The molecule has 0 saturated heterocycles. The van der Waals surface area contributed by atoms with Gasteiger partial charge in [0.15, 0.2) is 0 Å². The van der Waals surface area contributed by atoms with Crippen LogP contribution >= 0.6 is 31.9 Å². The summed E-state index contributed by atoms with van der Waals surface area (Å²) in [6, 6.07) is 4.52. The Morgan fingerprint density at radius 2 is 2.15 bits per heavy atom. The third-order valence-electron chi connectivity index (χ3n) is 3.03. The molecular formula is C14H15Br2FN2O. The Hall–Kier alpha value is -0.880. The van der Waals surface area contributed by atoms with Crippen molar-refractivity contribution in [2.45, 2.75) is 25.3 Å². The number of halogens is 3. The molecule has 0 fully saturated rings. The van der Waals surface area contributed by atoms with Gasteiger partial charge in [-0.3, -0.25) is 4.68 Å². The highest BCUT2D eigenvalue weighted by Crippen LogP contribution is 2.26. The normalized spacial score (nSPS) is 10.8. The maximum Gasteiger partial charge on any atom is 0.131 e. The summed E-state index contributed by atoms with van der Waals surface area (Å²) in [4.78, 5) is 0. The molecule has 1 aromatic heterocycles. The maximum atomic E-state index is 13.2. The average Bonchev–Trinajstić information content (AvgIpc) is 2.72. The van der Waals surface area contributed by atoms with Crippen LogP contribution in [-0.2, 0) is 25.4 Å². The van der Waals surface area contributed by atoms with Crippen LogP contribution in [0, 0.1) is 5.82 Å². The summed E-state index contributed by atoms with van der Waals surface area (Å²) in [5, 5.41) is 4.97. The van der Waals surface area contributed by atoms with E-state index in [2.05, 4.69) is 43.9 Å². The molecule has 0 atom stereocenters. The van der Waals surface area contributed by atoms with Crippen LogP contribution in [0.25, 0.3) is 0 Å². The monoisotopic (exact) mass is 404 g/mol. The van der Waals surface area contributed by atoms with Gasteiger partial charge >= 0.3 is 0 Å². The fraction of sp³-hybridized carbons (Fsp3) is 0.357. The quantitative estimate of drug-likeness (QED) is 0.691. The fourth-order valence-corrected chi connectivity index (χ4v) is 3.08. The lowest BCUT2D eigenvalue weighted by Crippen LogP contribution is -2.04. The van der Waals surface area contributed by atoms with E-state index < -0.39 is 0 Å². The van der Waals surface area contributed by atoms with Crippen molar-refractivity contribution in [1.29, 1.82) is 0 Å². The molecule has 0 radical (unpaired) electrons. The fourth-order valence-electron chi connectivity index (χ4n) is 1.92. The Labute approximate surface area is 134 Å². The van der Waals surface area contributed by atoms with E-state index in [1.165, 1.54) is 12.1 Å². The smallest absolute Gasteiger partial charge is 0.131 e. The van der Waals surface area contributed by atoms with Gasteiger partial charge in [0.1, 0.15) is 18.2 Å². The van der Waals surface area contributed by atoms with Gasteiger partial charge in [-0.2, -0.15) is 5.10 Å². The number of ether oxygens (including phenoxy) is 1. The first-order valence-electron chi connectivity index (χ1n) is 6.24. The topological polar surface area (TPSA) is 27.1 Å². The van der Waals surface area contributed by atoms with Crippen molar-refractivity contribution in [3.05, 3.63) is 45.4 Å². The highest BCUT2D eigenvalue weighted by atomic mass is 79.9. The molecule has 0 bridgehead atoms. The minimum Gasteiger partial charge on any atom is -0.487 e. The molecule has 2 rings (SSSR count). The minimum atomic E-state index is -0.262. The Bertz CT molecular complexity index is 613. The van der Waals surface area contributed by atoms with E-state index in [1.54, 1.807) is 10.7 Å². The summed E-state index contributed by atoms with van der Waals surface area (Å²) in [5.41, 5.74) is 2.76. The zero-order valence-corrected chi connectivity index (χ0v) is 14.5. The number of hydrogen-bond acceptors (Lipinski definition) is 2. The summed E-state index contributed by atoms with van der Waals surface area (Å²) in [5.74, 6) is 0.413. The van der Waals surface area contributed by atoms with Crippen molar-refractivity contribution in [3.8, 4) is 5.75 Å². The molecule has 0 spiro atoms. The van der Waals surface area contributed by atoms with E-state index in [9.17, 15) is 4.39 Å². The zero-order chi connectivity index (χ0) is 14.7. The Morgan fingerprint density at radius 1 is 1.40 bits per heavy atom. The summed E-state index contributed by atoms with van der Waals surface area (Å²) in [6.45, 7) is 2.44. The van der Waals surface area contributed by atoms with Crippen molar-refractivity contribution in [2.75, 3.05) is 0 Å². The van der Waals surface area contributed by atoms with Gasteiger partial charge in [0.2, 0.25) is 0 Å². The number of aryl methyl sites for hydroxylation is 2.